The van der Waals surface area contributed by atoms with Crippen molar-refractivity contribution < 1.29 is 0 Å². The molecule has 64 valence electrons. The SMILES string of the molecule is NC(N)=Nc1cc(Cl)nc(N)n1. The van der Waals surface area contributed by atoms with Crippen LogP contribution in [0.25, 0.3) is 0 Å². The highest BCUT2D eigenvalue weighted by Crippen LogP contribution is 2.14. The van der Waals surface area contributed by atoms with Crippen LogP contribution in [0.2, 0.25) is 5.15 Å². The van der Waals surface area contributed by atoms with Gasteiger partial charge in [-0.05, 0) is 0 Å². The average Bonchev–Trinajstić information content (AvgIpc) is 1.81. The Morgan fingerprint density at radius 3 is 2.58 bits per heavy atom. The Morgan fingerprint density at radius 1 is 1.42 bits per heavy atom. The fraction of sp³-hybridized carbons (Fsp3) is 0. The molecule has 1 aromatic heterocycles. The molecule has 1 aromatic rings. The van der Waals surface area contributed by atoms with Gasteiger partial charge in [0.05, 0.1) is 0 Å². The van der Waals surface area contributed by atoms with E-state index in [2.05, 4.69) is 15.0 Å². The van der Waals surface area contributed by atoms with Gasteiger partial charge >= 0.3 is 0 Å². The van der Waals surface area contributed by atoms with Gasteiger partial charge in [-0.15, -0.1) is 0 Å². The van der Waals surface area contributed by atoms with E-state index in [9.17, 15) is 0 Å². The van der Waals surface area contributed by atoms with Gasteiger partial charge in [0.25, 0.3) is 0 Å². The molecule has 0 bridgehead atoms. The minimum Gasteiger partial charge on any atom is -0.370 e. The molecule has 7 heteroatoms. The fourth-order valence-electron chi connectivity index (χ4n) is 0.612. The van der Waals surface area contributed by atoms with E-state index in [1.165, 1.54) is 6.07 Å². The molecule has 1 heterocycles. The van der Waals surface area contributed by atoms with Crippen LogP contribution in [0, 0.1) is 0 Å². The third-order valence-corrected chi connectivity index (χ3v) is 1.14. The molecule has 6 nitrogen and oxygen atoms in total. The predicted octanol–water partition coefficient (Wildman–Crippen LogP) is -0.383. The molecule has 0 unspecified atom stereocenters. The summed E-state index contributed by atoms with van der Waals surface area (Å²) in [6.07, 6.45) is 0. The first-order valence-corrected chi connectivity index (χ1v) is 3.35. The number of guanidine groups is 1. The Hall–Kier alpha value is -1.56. The van der Waals surface area contributed by atoms with E-state index in [1.807, 2.05) is 0 Å². The number of nitrogen functional groups attached to an aromatic ring is 1. The van der Waals surface area contributed by atoms with Crippen LogP contribution in [0.3, 0.4) is 0 Å². The lowest BCUT2D eigenvalue weighted by Gasteiger charge is -1.96. The highest BCUT2D eigenvalue weighted by atomic mass is 35.5. The first-order valence-electron chi connectivity index (χ1n) is 2.97. The number of hydrogen-bond donors (Lipinski definition) is 3. The highest BCUT2D eigenvalue weighted by Gasteiger charge is 1.98. The second-order valence-corrected chi connectivity index (χ2v) is 2.33. The molecule has 0 fully saturated rings. The van der Waals surface area contributed by atoms with Crippen LogP contribution in [0.1, 0.15) is 0 Å². The van der Waals surface area contributed by atoms with Crippen molar-refractivity contribution in [2.45, 2.75) is 0 Å². The lowest BCUT2D eigenvalue weighted by atomic mass is 10.6. The molecule has 0 radical (unpaired) electrons. The number of halogens is 1. The van der Waals surface area contributed by atoms with Gasteiger partial charge in [0.2, 0.25) is 5.95 Å². The minimum absolute atomic E-state index is 0.0301. The Balaban J connectivity index is 3.09. The zero-order chi connectivity index (χ0) is 9.14. The zero-order valence-corrected chi connectivity index (χ0v) is 6.78. The monoisotopic (exact) mass is 186 g/mol. The lowest BCUT2D eigenvalue weighted by molar-refractivity contribution is 1.16. The minimum atomic E-state index is -0.107. The Bertz CT molecular complexity index is 297. The topological polar surface area (TPSA) is 116 Å². The molecule has 12 heavy (non-hydrogen) atoms. The summed E-state index contributed by atoms with van der Waals surface area (Å²) >= 11 is 5.55. The van der Waals surface area contributed by atoms with Crippen molar-refractivity contribution in [1.29, 1.82) is 0 Å². The maximum absolute atomic E-state index is 5.55. The number of nitrogens with zero attached hydrogens (tertiary/aromatic N) is 3. The van der Waals surface area contributed by atoms with Gasteiger partial charge in [-0.25, -0.2) is 4.98 Å². The number of aromatic nitrogens is 2. The maximum atomic E-state index is 5.55. The predicted molar refractivity (Wildman–Crippen MR) is 46.9 cm³/mol. The van der Waals surface area contributed by atoms with Crippen LogP contribution in [0.4, 0.5) is 11.8 Å². The van der Waals surface area contributed by atoms with Crippen LogP contribution in [0.5, 0.6) is 0 Å². The van der Waals surface area contributed by atoms with Crippen molar-refractivity contribution in [1.82, 2.24) is 9.97 Å². The maximum Gasteiger partial charge on any atom is 0.223 e. The third kappa shape index (κ3) is 2.24. The first kappa shape index (κ1) is 8.54. The summed E-state index contributed by atoms with van der Waals surface area (Å²) < 4.78 is 0. The van der Waals surface area contributed by atoms with E-state index in [4.69, 9.17) is 28.8 Å². The van der Waals surface area contributed by atoms with Crippen LogP contribution < -0.4 is 17.2 Å². The number of rotatable bonds is 1. The second-order valence-electron chi connectivity index (χ2n) is 1.94. The van der Waals surface area contributed by atoms with E-state index < -0.39 is 0 Å². The van der Waals surface area contributed by atoms with Gasteiger partial charge in [0.15, 0.2) is 11.8 Å². The van der Waals surface area contributed by atoms with Crippen LogP contribution >= 0.6 is 11.6 Å². The Morgan fingerprint density at radius 2 is 2.08 bits per heavy atom. The highest BCUT2D eigenvalue weighted by molar-refractivity contribution is 6.29. The molecular weight excluding hydrogens is 180 g/mol. The average molecular weight is 187 g/mol. The van der Waals surface area contributed by atoms with E-state index in [0.29, 0.717) is 0 Å². The van der Waals surface area contributed by atoms with Crippen molar-refractivity contribution in [2.24, 2.45) is 16.5 Å². The summed E-state index contributed by atoms with van der Waals surface area (Å²) in [6.45, 7) is 0. The van der Waals surface area contributed by atoms with Crippen molar-refractivity contribution in [3.05, 3.63) is 11.2 Å². The zero-order valence-electron chi connectivity index (χ0n) is 6.03. The molecule has 6 N–H and O–H groups in total. The molecule has 0 aliphatic heterocycles. The number of aliphatic imine (C=N–C) groups is 1. The molecule has 0 aliphatic carbocycles. The first-order chi connectivity index (χ1) is 5.58. The largest absolute Gasteiger partial charge is 0.370 e. The van der Waals surface area contributed by atoms with Gasteiger partial charge in [-0.3, -0.25) is 0 Å². The summed E-state index contributed by atoms with van der Waals surface area (Å²) in [7, 11) is 0. The van der Waals surface area contributed by atoms with E-state index >= 15 is 0 Å². The van der Waals surface area contributed by atoms with Gasteiger partial charge < -0.3 is 17.2 Å². The van der Waals surface area contributed by atoms with Gasteiger partial charge in [-0.1, -0.05) is 11.6 Å². The van der Waals surface area contributed by atoms with Gasteiger partial charge in [0, 0.05) is 6.07 Å². The third-order valence-electron chi connectivity index (χ3n) is 0.942. The smallest absolute Gasteiger partial charge is 0.223 e. The second kappa shape index (κ2) is 3.22. The quantitative estimate of drug-likeness (QED) is 0.314. The molecule has 0 saturated carbocycles. The molecule has 1 rings (SSSR count). The van der Waals surface area contributed by atoms with Crippen LogP contribution in [0.15, 0.2) is 11.1 Å². The van der Waals surface area contributed by atoms with Crippen LogP contribution in [-0.2, 0) is 0 Å². The van der Waals surface area contributed by atoms with Crippen molar-refractivity contribution in [2.75, 3.05) is 5.73 Å². The number of nitrogens with two attached hydrogens (primary N) is 3. The molecule has 0 amide bonds. The van der Waals surface area contributed by atoms with E-state index in [1.54, 1.807) is 0 Å². The van der Waals surface area contributed by atoms with Crippen molar-refractivity contribution in [3.63, 3.8) is 0 Å². The fourth-order valence-corrected chi connectivity index (χ4v) is 0.797. The molecule has 0 atom stereocenters. The standard InChI is InChI=1S/C5H7ClN6/c6-2-1-3(11-4(7)8)12-5(9)10-2/h1H,(H6,7,8,9,10,11,12). The molecule has 0 spiro atoms. The Labute approximate surface area is 73.5 Å². The van der Waals surface area contributed by atoms with Crippen molar-refractivity contribution >= 4 is 29.3 Å². The van der Waals surface area contributed by atoms with Crippen molar-refractivity contribution in [3.8, 4) is 0 Å². The van der Waals surface area contributed by atoms with Gasteiger partial charge in [-0.2, -0.15) is 9.98 Å². The molecular formula is C5H7ClN6. The summed E-state index contributed by atoms with van der Waals surface area (Å²) in [5.74, 6) is 0.166. The van der Waals surface area contributed by atoms with E-state index in [-0.39, 0.29) is 22.9 Å². The molecule has 0 saturated heterocycles. The van der Waals surface area contributed by atoms with Crippen LogP contribution in [-0.4, -0.2) is 15.9 Å². The molecule has 0 aliphatic rings. The summed E-state index contributed by atoms with van der Waals surface area (Å²) in [6, 6.07) is 1.40. The normalized spacial score (nSPS) is 9.42. The number of anilines is 1. The summed E-state index contributed by atoms with van der Waals surface area (Å²) in [5.41, 5.74) is 15.5. The summed E-state index contributed by atoms with van der Waals surface area (Å²) in [5, 5.41) is 0.197. The Kier molecular flexibility index (Phi) is 2.29. The van der Waals surface area contributed by atoms with Gasteiger partial charge in [0.1, 0.15) is 5.15 Å². The number of hydrogen-bond acceptors (Lipinski definition) is 4. The molecule has 0 aromatic carbocycles. The van der Waals surface area contributed by atoms with E-state index in [0.717, 1.165) is 0 Å². The summed E-state index contributed by atoms with van der Waals surface area (Å²) in [4.78, 5) is 11.0. The lowest BCUT2D eigenvalue weighted by Crippen LogP contribution is -2.22.